The van der Waals surface area contributed by atoms with Crippen molar-refractivity contribution < 1.29 is 18.0 Å². The van der Waals surface area contributed by atoms with E-state index in [1.54, 1.807) is 18.2 Å². The van der Waals surface area contributed by atoms with Gasteiger partial charge in [0.05, 0.1) is 11.6 Å². The Morgan fingerprint density at radius 1 is 1.41 bits per heavy atom. The van der Waals surface area contributed by atoms with E-state index < -0.39 is 12.2 Å². The lowest BCUT2D eigenvalue weighted by atomic mass is 9.98. The van der Waals surface area contributed by atoms with Gasteiger partial charge in [-0.05, 0) is 38.1 Å². The number of piperidine rings is 1. The minimum atomic E-state index is -4.25. The third kappa shape index (κ3) is 3.77. The molecule has 1 fully saturated rings. The van der Waals surface area contributed by atoms with E-state index in [0.29, 0.717) is 11.1 Å². The number of hydrogen-bond donors (Lipinski definition) is 1. The summed E-state index contributed by atoms with van der Waals surface area (Å²) in [6.45, 7) is 0.147. The quantitative estimate of drug-likeness (QED) is 0.912. The number of rotatable bonds is 2. The fraction of sp³-hybridized carbons (Fsp3) is 0.467. The molecule has 0 saturated carbocycles. The molecule has 2 atom stereocenters. The summed E-state index contributed by atoms with van der Waals surface area (Å²) in [5.41, 5.74) is 0.699. The molecule has 118 valence electrons. The van der Waals surface area contributed by atoms with Gasteiger partial charge in [-0.2, -0.15) is 18.4 Å². The van der Waals surface area contributed by atoms with Crippen LogP contribution in [0, 0.1) is 11.3 Å². The zero-order valence-electron chi connectivity index (χ0n) is 12.0. The second-order valence-electron chi connectivity index (χ2n) is 5.44. The van der Waals surface area contributed by atoms with E-state index in [9.17, 15) is 18.0 Å². The third-order valence-corrected chi connectivity index (χ3v) is 3.80. The van der Waals surface area contributed by atoms with Gasteiger partial charge < -0.3 is 5.32 Å². The zero-order chi connectivity index (χ0) is 16.3. The van der Waals surface area contributed by atoms with E-state index in [2.05, 4.69) is 5.32 Å². The molecule has 0 bridgehead atoms. The van der Waals surface area contributed by atoms with Crippen molar-refractivity contribution in [3.05, 3.63) is 35.4 Å². The van der Waals surface area contributed by atoms with Crippen LogP contribution >= 0.6 is 0 Å². The number of likely N-dealkylation sites (N-methyl/N-ethyl adjacent to an activating group) is 1. The van der Waals surface area contributed by atoms with Gasteiger partial charge in [-0.25, -0.2) is 0 Å². The van der Waals surface area contributed by atoms with Gasteiger partial charge in [-0.1, -0.05) is 6.07 Å². The van der Waals surface area contributed by atoms with Crippen molar-refractivity contribution >= 4 is 5.91 Å². The van der Waals surface area contributed by atoms with E-state index >= 15 is 0 Å². The van der Waals surface area contributed by atoms with Gasteiger partial charge in [0.15, 0.2) is 0 Å². The predicted octanol–water partition coefficient (Wildman–Crippen LogP) is 2.31. The first kappa shape index (κ1) is 16.3. The maximum absolute atomic E-state index is 12.8. The van der Waals surface area contributed by atoms with E-state index in [-0.39, 0.29) is 31.3 Å². The molecule has 1 heterocycles. The van der Waals surface area contributed by atoms with Crippen LogP contribution in [0.1, 0.15) is 28.8 Å². The monoisotopic (exact) mass is 311 g/mol. The van der Waals surface area contributed by atoms with Crippen molar-refractivity contribution in [2.24, 2.45) is 0 Å². The summed E-state index contributed by atoms with van der Waals surface area (Å²) >= 11 is 0. The summed E-state index contributed by atoms with van der Waals surface area (Å²) < 4.78 is 38.3. The number of carbonyl (C=O) groups is 1. The number of halogens is 3. The molecule has 0 spiro atoms. The van der Waals surface area contributed by atoms with Crippen molar-refractivity contribution in [3.8, 4) is 6.07 Å². The maximum Gasteiger partial charge on any atom is 0.404 e. The van der Waals surface area contributed by atoms with Crippen molar-refractivity contribution in [1.82, 2.24) is 10.2 Å². The summed E-state index contributed by atoms with van der Waals surface area (Å²) in [5.74, 6) is -0.374. The Balaban J connectivity index is 1.98. The standard InChI is InChI=1S/C15H16F3N3O/c1-21-9-12(5-6-13(21)15(16,17)18)20-14(22)11-4-2-3-10(7-11)8-19/h2-4,7,12-13H,5-6,9H2,1H3,(H,20,22)/t12-,13+/m0/s1. The molecular weight excluding hydrogens is 295 g/mol. The van der Waals surface area contributed by atoms with Crippen LogP contribution in [0.2, 0.25) is 0 Å². The zero-order valence-corrected chi connectivity index (χ0v) is 12.0. The first-order chi connectivity index (χ1) is 10.3. The number of nitrogens with one attached hydrogen (secondary N) is 1. The highest BCUT2D eigenvalue weighted by Gasteiger charge is 2.44. The van der Waals surface area contributed by atoms with Gasteiger partial charge in [-0.3, -0.25) is 9.69 Å². The molecule has 7 heteroatoms. The first-order valence-corrected chi connectivity index (χ1v) is 6.89. The van der Waals surface area contributed by atoms with Crippen molar-refractivity contribution in [2.45, 2.75) is 31.1 Å². The molecule has 4 nitrogen and oxygen atoms in total. The number of amides is 1. The second-order valence-corrected chi connectivity index (χ2v) is 5.44. The highest BCUT2D eigenvalue weighted by molar-refractivity contribution is 5.94. The van der Waals surface area contributed by atoms with Crippen LogP contribution in [0.4, 0.5) is 13.2 Å². The fourth-order valence-electron chi connectivity index (χ4n) is 2.68. The van der Waals surface area contributed by atoms with Crippen molar-refractivity contribution in [3.63, 3.8) is 0 Å². The molecule has 0 unspecified atom stereocenters. The Kier molecular flexibility index (Phi) is 4.71. The molecule has 2 rings (SSSR count). The Hall–Kier alpha value is -2.07. The van der Waals surface area contributed by atoms with E-state index in [0.717, 1.165) is 0 Å². The first-order valence-electron chi connectivity index (χ1n) is 6.89. The molecule has 0 radical (unpaired) electrons. The largest absolute Gasteiger partial charge is 0.404 e. The van der Waals surface area contributed by atoms with Crippen LogP contribution in [0.5, 0.6) is 0 Å². The van der Waals surface area contributed by atoms with E-state index in [4.69, 9.17) is 5.26 Å². The highest BCUT2D eigenvalue weighted by Crippen LogP contribution is 2.30. The molecule has 1 aliphatic heterocycles. The summed E-state index contributed by atoms with van der Waals surface area (Å²) in [6.07, 6.45) is -4.01. The molecule has 1 aromatic rings. The third-order valence-electron chi connectivity index (χ3n) is 3.80. The molecular formula is C15H16F3N3O. The Bertz CT molecular complexity index is 594. The van der Waals surface area contributed by atoms with E-state index in [1.165, 1.54) is 18.0 Å². The van der Waals surface area contributed by atoms with Crippen LogP contribution in [0.25, 0.3) is 0 Å². The molecule has 1 aliphatic rings. The van der Waals surface area contributed by atoms with Crippen LogP contribution in [0.15, 0.2) is 24.3 Å². The average molecular weight is 311 g/mol. The number of hydrogen-bond acceptors (Lipinski definition) is 3. The van der Waals surface area contributed by atoms with Crippen LogP contribution in [-0.2, 0) is 0 Å². The molecule has 0 aliphatic carbocycles. The number of nitrogens with zero attached hydrogens (tertiary/aromatic N) is 2. The molecule has 1 aromatic carbocycles. The summed E-state index contributed by atoms with van der Waals surface area (Å²) in [4.78, 5) is 13.3. The molecule has 1 saturated heterocycles. The molecule has 0 aromatic heterocycles. The lowest BCUT2D eigenvalue weighted by Gasteiger charge is -2.38. The highest BCUT2D eigenvalue weighted by atomic mass is 19.4. The van der Waals surface area contributed by atoms with Crippen LogP contribution in [0.3, 0.4) is 0 Å². The minimum Gasteiger partial charge on any atom is -0.348 e. The number of nitriles is 1. The number of likely N-dealkylation sites (tertiary alicyclic amines) is 1. The van der Waals surface area contributed by atoms with Gasteiger partial charge >= 0.3 is 6.18 Å². The van der Waals surface area contributed by atoms with Crippen molar-refractivity contribution in [2.75, 3.05) is 13.6 Å². The Morgan fingerprint density at radius 2 is 2.14 bits per heavy atom. The van der Waals surface area contributed by atoms with Gasteiger partial charge in [0, 0.05) is 18.2 Å². The normalized spacial score (nSPS) is 22.9. The van der Waals surface area contributed by atoms with Crippen molar-refractivity contribution in [1.29, 1.82) is 5.26 Å². The predicted molar refractivity (Wildman–Crippen MR) is 74.1 cm³/mol. The molecule has 1 N–H and O–H groups in total. The van der Waals surface area contributed by atoms with E-state index in [1.807, 2.05) is 6.07 Å². The number of alkyl halides is 3. The molecule has 1 amide bonds. The maximum atomic E-state index is 12.8. The van der Waals surface area contributed by atoms with Crippen LogP contribution < -0.4 is 5.32 Å². The molecule has 22 heavy (non-hydrogen) atoms. The SMILES string of the molecule is CN1C[C@@H](NC(=O)c2cccc(C#N)c2)CC[C@@H]1C(F)(F)F. The summed E-state index contributed by atoms with van der Waals surface area (Å²) in [6, 6.07) is 6.36. The lowest BCUT2D eigenvalue weighted by Crippen LogP contribution is -2.54. The summed E-state index contributed by atoms with van der Waals surface area (Å²) in [5, 5.41) is 11.5. The second kappa shape index (κ2) is 6.36. The van der Waals surface area contributed by atoms with Gasteiger partial charge in [0.25, 0.3) is 5.91 Å². The van der Waals surface area contributed by atoms with Gasteiger partial charge in [0.2, 0.25) is 0 Å². The topological polar surface area (TPSA) is 56.1 Å². The van der Waals surface area contributed by atoms with Gasteiger partial charge in [0.1, 0.15) is 6.04 Å². The van der Waals surface area contributed by atoms with Crippen LogP contribution in [-0.4, -0.2) is 42.7 Å². The summed E-state index contributed by atoms with van der Waals surface area (Å²) in [7, 11) is 1.41. The number of carbonyl (C=O) groups excluding carboxylic acids is 1. The Morgan fingerprint density at radius 3 is 2.73 bits per heavy atom. The Labute approximate surface area is 126 Å². The smallest absolute Gasteiger partial charge is 0.348 e. The minimum absolute atomic E-state index is 0.0385. The number of benzene rings is 1. The fourth-order valence-corrected chi connectivity index (χ4v) is 2.68. The van der Waals surface area contributed by atoms with Gasteiger partial charge in [-0.15, -0.1) is 0 Å². The lowest BCUT2D eigenvalue weighted by molar-refractivity contribution is -0.188. The average Bonchev–Trinajstić information content (AvgIpc) is 2.46.